The fourth-order valence-corrected chi connectivity index (χ4v) is 7.70. The zero-order valence-corrected chi connectivity index (χ0v) is 28.1. The second-order valence-electron chi connectivity index (χ2n) is 13.7. The van der Waals surface area contributed by atoms with Gasteiger partial charge in [-0.1, -0.05) is 117 Å². The highest BCUT2D eigenvalue weighted by molar-refractivity contribution is 5.84. The number of benzene rings is 5. The van der Waals surface area contributed by atoms with Gasteiger partial charge in [-0.05, 0) is 123 Å². The van der Waals surface area contributed by atoms with E-state index in [9.17, 15) is 0 Å². The molecule has 2 aliphatic rings. The number of aryl methyl sites for hydroxylation is 2. The van der Waals surface area contributed by atoms with Gasteiger partial charge in [-0.3, -0.25) is 4.98 Å². The van der Waals surface area contributed by atoms with Gasteiger partial charge in [-0.15, -0.1) is 0 Å². The van der Waals surface area contributed by atoms with Crippen LogP contribution < -0.4 is 4.90 Å². The zero-order valence-electron chi connectivity index (χ0n) is 28.1. The van der Waals surface area contributed by atoms with Crippen molar-refractivity contribution in [2.24, 2.45) is 0 Å². The number of aromatic nitrogens is 1. The van der Waals surface area contributed by atoms with Crippen molar-refractivity contribution in [2.75, 3.05) is 4.90 Å². The Bertz CT molecular complexity index is 2200. The van der Waals surface area contributed by atoms with E-state index in [0.717, 1.165) is 12.0 Å². The highest BCUT2D eigenvalue weighted by Crippen LogP contribution is 2.50. The van der Waals surface area contributed by atoms with Crippen LogP contribution in [0.5, 0.6) is 0 Å². The number of rotatable bonds is 6. The molecular weight excluding hydrogens is 581 g/mol. The summed E-state index contributed by atoms with van der Waals surface area (Å²) >= 11 is 0. The Morgan fingerprint density at radius 1 is 0.604 bits per heavy atom. The Morgan fingerprint density at radius 3 is 2.06 bits per heavy atom. The lowest BCUT2D eigenvalue weighted by atomic mass is 9.82. The van der Waals surface area contributed by atoms with Gasteiger partial charge in [0.25, 0.3) is 0 Å². The van der Waals surface area contributed by atoms with E-state index in [0.29, 0.717) is 0 Å². The monoisotopic (exact) mass is 620 g/mol. The third kappa shape index (κ3) is 5.18. The summed E-state index contributed by atoms with van der Waals surface area (Å²) in [7, 11) is 0. The lowest BCUT2D eigenvalue weighted by molar-refractivity contribution is 0.659. The fraction of sp³-hybridized carbons (Fsp3) is 0.152. The number of allylic oxidation sites excluding steroid dienone is 2. The van der Waals surface area contributed by atoms with Crippen molar-refractivity contribution in [3.8, 4) is 33.4 Å². The van der Waals surface area contributed by atoms with Crippen LogP contribution in [0, 0.1) is 13.8 Å². The molecule has 234 valence electrons. The van der Waals surface area contributed by atoms with E-state index < -0.39 is 0 Å². The molecule has 6 aromatic rings. The molecule has 48 heavy (non-hydrogen) atoms. The maximum Gasteiger partial charge on any atom is 0.0560 e. The third-order valence-electron chi connectivity index (χ3n) is 10.4. The Labute approximate surface area is 284 Å². The maximum absolute atomic E-state index is 4.35. The lowest BCUT2D eigenvalue weighted by Crippen LogP contribution is -2.30. The molecule has 0 spiro atoms. The first-order valence-corrected chi connectivity index (χ1v) is 17.0. The highest BCUT2D eigenvalue weighted by Gasteiger charge is 2.36. The molecule has 1 unspecified atom stereocenters. The molecule has 1 aromatic heterocycles. The van der Waals surface area contributed by atoms with Crippen LogP contribution in [0.1, 0.15) is 48.1 Å². The van der Waals surface area contributed by atoms with Crippen LogP contribution in [0.15, 0.2) is 152 Å². The first-order valence-electron chi connectivity index (χ1n) is 17.0. The van der Waals surface area contributed by atoms with Crippen molar-refractivity contribution >= 4 is 16.9 Å². The summed E-state index contributed by atoms with van der Waals surface area (Å²) < 4.78 is 0. The summed E-state index contributed by atoms with van der Waals surface area (Å²) in [5.41, 5.74) is 17.8. The molecule has 0 fully saturated rings. The fourth-order valence-electron chi connectivity index (χ4n) is 7.70. The minimum Gasteiger partial charge on any atom is -0.334 e. The quantitative estimate of drug-likeness (QED) is 0.184. The standard InChI is InChI=1S/C46H40N2/c1-31-10-5-6-12-40(31)43-28-35(16-15-32(43)2)33-17-21-37(22-18-33)48(38-23-19-34(20-24-38)36-11-9-27-47-30-36)39-25-26-42-41-13-7-8-14-44(41)46(3,4)45(42)29-39/h5-23,25-30,38H,24H2,1-4H3. The molecule has 2 aliphatic carbocycles. The molecule has 0 saturated heterocycles. The summed E-state index contributed by atoms with van der Waals surface area (Å²) in [5, 5.41) is 0. The van der Waals surface area contributed by atoms with Crippen LogP contribution in [-0.4, -0.2) is 11.0 Å². The Balaban J connectivity index is 1.18. The number of fused-ring (bicyclic) bond motifs is 3. The number of nitrogens with zero attached hydrogens (tertiary/aromatic N) is 2. The van der Waals surface area contributed by atoms with Gasteiger partial charge >= 0.3 is 0 Å². The van der Waals surface area contributed by atoms with Gasteiger partial charge in [-0.25, -0.2) is 0 Å². The summed E-state index contributed by atoms with van der Waals surface area (Å²) in [6.45, 7) is 9.11. The van der Waals surface area contributed by atoms with Gasteiger partial charge in [0.1, 0.15) is 0 Å². The molecule has 2 heteroatoms. The van der Waals surface area contributed by atoms with Crippen molar-refractivity contribution in [1.29, 1.82) is 0 Å². The summed E-state index contributed by atoms with van der Waals surface area (Å²) in [5.74, 6) is 0. The van der Waals surface area contributed by atoms with Gasteiger partial charge in [0, 0.05) is 29.2 Å². The topological polar surface area (TPSA) is 16.1 Å². The summed E-state index contributed by atoms with van der Waals surface area (Å²) in [6.07, 6.45) is 11.7. The van der Waals surface area contributed by atoms with Crippen LogP contribution in [0.3, 0.4) is 0 Å². The minimum atomic E-state index is -0.0620. The average Bonchev–Trinajstić information content (AvgIpc) is 3.36. The first-order chi connectivity index (χ1) is 23.4. The van der Waals surface area contributed by atoms with Crippen molar-refractivity contribution in [1.82, 2.24) is 4.98 Å². The second kappa shape index (κ2) is 12.0. The molecule has 0 saturated carbocycles. The van der Waals surface area contributed by atoms with Crippen LogP contribution in [-0.2, 0) is 5.41 Å². The number of hydrogen-bond acceptors (Lipinski definition) is 2. The number of pyridine rings is 1. The van der Waals surface area contributed by atoms with Crippen LogP contribution >= 0.6 is 0 Å². The van der Waals surface area contributed by atoms with Crippen LogP contribution in [0.4, 0.5) is 11.4 Å². The zero-order chi connectivity index (χ0) is 32.8. The molecule has 2 nitrogen and oxygen atoms in total. The Hall–Kier alpha value is -5.47. The van der Waals surface area contributed by atoms with Crippen molar-refractivity contribution in [3.63, 3.8) is 0 Å². The molecule has 8 rings (SSSR count). The van der Waals surface area contributed by atoms with E-state index in [1.54, 1.807) is 0 Å². The van der Waals surface area contributed by atoms with Crippen molar-refractivity contribution in [2.45, 2.75) is 45.6 Å². The van der Waals surface area contributed by atoms with E-state index >= 15 is 0 Å². The van der Waals surface area contributed by atoms with E-state index in [-0.39, 0.29) is 11.5 Å². The van der Waals surface area contributed by atoms with Crippen LogP contribution in [0.2, 0.25) is 0 Å². The van der Waals surface area contributed by atoms with Crippen LogP contribution in [0.25, 0.3) is 39.0 Å². The van der Waals surface area contributed by atoms with Gasteiger partial charge < -0.3 is 4.90 Å². The smallest absolute Gasteiger partial charge is 0.0560 e. The minimum absolute atomic E-state index is 0.0620. The summed E-state index contributed by atoms with van der Waals surface area (Å²) in [4.78, 5) is 6.87. The van der Waals surface area contributed by atoms with E-state index in [4.69, 9.17) is 0 Å². The molecule has 1 heterocycles. The van der Waals surface area contributed by atoms with Gasteiger partial charge in [0.15, 0.2) is 0 Å². The molecule has 1 atom stereocenters. The van der Waals surface area contributed by atoms with Gasteiger partial charge in [-0.2, -0.15) is 0 Å². The maximum atomic E-state index is 4.35. The number of hydrogen-bond donors (Lipinski definition) is 0. The molecule has 0 aliphatic heterocycles. The lowest BCUT2D eigenvalue weighted by Gasteiger charge is -2.34. The number of anilines is 2. The molecule has 0 radical (unpaired) electrons. The van der Waals surface area contributed by atoms with Gasteiger partial charge in [0.2, 0.25) is 0 Å². The summed E-state index contributed by atoms with van der Waals surface area (Å²) in [6, 6.07) is 44.9. The van der Waals surface area contributed by atoms with Gasteiger partial charge in [0.05, 0.1) is 6.04 Å². The molecule has 0 bridgehead atoms. The predicted molar refractivity (Wildman–Crippen MR) is 203 cm³/mol. The molecule has 5 aromatic carbocycles. The Kier molecular flexibility index (Phi) is 7.45. The van der Waals surface area contributed by atoms with E-state index in [1.165, 1.54) is 72.6 Å². The van der Waals surface area contributed by atoms with E-state index in [1.807, 2.05) is 18.5 Å². The normalized spacial score (nSPS) is 15.8. The third-order valence-corrected chi connectivity index (χ3v) is 10.4. The van der Waals surface area contributed by atoms with E-state index in [2.05, 4.69) is 171 Å². The first kappa shape index (κ1) is 29.9. The highest BCUT2D eigenvalue weighted by atomic mass is 15.2. The average molecular weight is 621 g/mol. The molecule has 0 amide bonds. The SMILES string of the molecule is Cc1ccccc1-c1cc(-c2ccc(N(c3ccc4c(c3)C(C)(C)c3ccccc3-4)C3C=CC(c4cccnc4)=CC3)cc2)ccc1C. The van der Waals surface area contributed by atoms with Crippen molar-refractivity contribution in [3.05, 3.63) is 180 Å². The molecule has 0 N–H and O–H groups in total. The predicted octanol–water partition coefficient (Wildman–Crippen LogP) is 11.9. The Morgan fingerprint density at radius 2 is 1.31 bits per heavy atom. The second-order valence-corrected chi connectivity index (χ2v) is 13.7. The van der Waals surface area contributed by atoms with Crippen molar-refractivity contribution < 1.29 is 0 Å². The molecular formula is C46H40N2. The largest absolute Gasteiger partial charge is 0.334 e.